The number of amides is 1. The Bertz CT molecular complexity index is 475. The van der Waals surface area contributed by atoms with Gasteiger partial charge in [0.25, 0.3) is 5.91 Å². The molecule has 6 heteroatoms. The highest BCUT2D eigenvalue weighted by molar-refractivity contribution is 5.95. The van der Waals surface area contributed by atoms with Crippen molar-refractivity contribution < 1.29 is 18.7 Å². The lowest BCUT2D eigenvalue weighted by molar-refractivity contribution is -0.147. The zero-order valence-electron chi connectivity index (χ0n) is 10.6. The molecule has 1 aromatic rings. The first kappa shape index (κ1) is 13.5. The van der Waals surface area contributed by atoms with Crippen molar-refractivity contribution in [3.63, 3.8) is 0 Å². The number of carbonyl (C=O) groups excluding carboxylic acids is 2. The fourth-order valence-corrected chi connectivity index (χ4v) is 2.21. The second-order valence-electron chi connectivity index (χ2n) is 4.39. The highest BCUT2D eigenvalue weighted by Crippen LogP contribution is 2.20. The lowest BCUT2D eigenvalue weighted by Crippen LogP contribution is -2.48. The number of hydrogen-bond acceptors (Lipinski definition) is 4. The van der Waals surface area contributed by atoms with Crippen LogP contribution in [-0.2, 0) is 9.53 Å². The molecule has 1 aliphatic rings. The Hall–Kier alpha value is -1.98. The Labute approximate surface area is 110 Å². The maximum Gasteiger partial charge on any atom is 0.328 e. The number of piperidine rings is 1. The van der Waals surface area contributed by atoms with Crippen molar-refractivity contribution in [1.82, 2.24) is 9.88 Å². The number of halogens is 1. The standard InChI is InChI=1S/C13H15FN2O3/c1-19-13(18)11-4-2-3-7-16(11)12(17)10-6-5-9(14)8-15-10/h5-6,8,11H,2-4,7H2,1H3/t11-/m1/s1. The molecule has 1 aliphatic heterocycles. The summed E-state index contributed by atoms with van der Waals surface area (Å²) in [5, 5.41) is 0. The molecule has 0 N–H and O–H groups in total. The SMILES string of the molecule is COC(=O)[C@H]1CCCCN1C(=O)c1ccc(F)cn1. The molecule has 1 saturated heterocycles. The van der Waals surface area contributed by atoms with Crippen molar-refractivity contribution in [2.45, 2.75) is 25.3 Å². The van der Waals surface area contributed by atoms with E-state index in [2.05, 4.69) is 4.98 Å². The van der Waals surface area contributed by atoms with Gasteiger partial charge < -0.3 is 9.64 Å². The molecule has 0 unspecified atom stereocenters. The number of pyridine rings is 1. The molecule has 19 heavy (non-hydrogen) atoms. The number of carbonyl (C=O) groups is 2. The quantitative estimate of drug-likeness (QED) is 0.759. The molecule has 2 rings (SSSR count). The van der Waals surface area contributed by atoms with Gasteiger partial charge in [-0.15, -0.1) is 0 Å². The minimum absolute atomic E-state index is 0.136. The number of rotatable bonds is 2. The number of methoxy groups -OCH3 is 1. The third-order valence-corrected chi connectivity index (χ3v) is 3.18. The number of aromatic nitrogens is 1. The minimum atomic E-state index is -0.571. The molecule has 0 spiro atoms. The van der Waals surface area contributed by atoms with Crippen LogP contribution in [0.5, 0.6) is 0 Å². The number of hydrogen-bond donors (Lipinski definition) is 0. The number of nitrogens with zero attached hydrogens (tertiary/aromatic N) is 2. The van der Waals surface area contributed by atoms with Crippen molar-refractivity contribution in [3.05, 3.63) is 29.8 Å². The summed E-state index contributed by atoms with van der Waals surface area (Å²) in [7, 11) is 1.30. The molecule has 1 amide bonds. The monoisotopic (exact) mass is 266 g/mol. The molecule has 0 saturated carbocycles. The molecular weight excluding hydrogens is 251 g/mol. The summed E-state index contributed by atoms with van der Waals surface area (Å²) in [6, 6.07) is 1.93. The molecule has 2 heterocycles. The summed E-state index contributed by atoms with van der Waals surface area (Å²) in [4.78, 5) is 29.2. The molecule has 5 nitrogen and oxygen atoms in total. The molecule has 1 aromatic heterocycles. The van der Waals surface area contributed by atoms with Gasteiger partial charge in [-0.05, 0) is 31.4 Å². The Morgan fingerprint density at radius 3 is 2.84 bits per heavy atom. The van der Waals surface area contributed by atoms with E-state index < -0.39 is 17.8 Å². The van der Waals surface area contributed by atoms with E-state index in [1.165, 1.54) is 24.1 Å². The second kappa shape index (κ2) is 5.77. The molecule has 1 fully saturated rings. The van der Waals surface area contributed by atoms with Gasteiger partial charge >= 0.3 is 5.97 Å². The van der Waals surface area contributed by atoms with Crippen LogP contribution in [0.15, 0.2) is 18.3 Å². The third kappa shape index (κ3) is 2.89. The van der Waals surface area contributed by atoms with Gasteiger partial charge in [-0.25, -0.2) is 14.2 Å². The van der Waals surface area contributed by atoms with E-state index >= 15 is 0 Å². The van der Waals surface area contributed by atoms with E-state index in [1.54, 1.807) is 0 Å². The highest BCUT2D eigenvalue weighted by Gasteiger charge is 2.33. The predicted molar refractivity (Wildman–Crippen MR) is 64.9 cm³/mol. The maximum atomic E-state index is 12.8. The van der Waals surface area contributed by atoms with E-state index in [0.29, 0.717) is 13.0 Å². The van der Waals surface area contributed by atoms with Gasteiger partial charge in [0, 0.05) is 6.54 Å². The third-order valence-electron chi connectivity index (χ3n) is 3.18. The highest BCUT2D eigenvalue weighted by atomic mass is 19.1. The van der Waals surface area contributed by atoms with Gasteiger partial charge in [0.2, 0.25) is 0 Å². The second-order valence-corrected chi connectivity index (χ2v) is 4.39. The van der Waals surface area contributed by atoms with Crippen molar-refractivity contribution in [2.75, 3.05) is 13.7 Å². The van der Waals surface area contributed by atoms with Gasteiger partial charge in [0.1, 0.15) is 17.6 Å². The average Bonchev–Trinajstić information content (AvgIpc) is 2.46. The fraction of sp³-hybridized carbons (Fsp3) is 0.462. The molecular formula is C13H15FN2O3. The van der Waals surface area contributed by atoms with Crippen molar-refractivity contribution in [3.8, 4) is 0 Å². The zero-order valence-corrected chi connectivity index (χ0v) is 10.6. The first-order valence-corrected chi connectivity index (χ1v) is 6.14. The summed E-state index contributed by atoms with van der Waals surface area (Å²) in [5.41, 5.74) is 0.136. The van der Waals surface area contributed by atoms with Gasteiger partial charge in [0.15, 0.2) is 0 Å². The summed E-state index contributed by atoms with van der Waals surface area (Å²) in [6.45, 7) is 0.484. The summed E-state index contributed by atoms with van der Waals surface area (Å²) in [6.07, 6.45) is 3.28. The minimum Gasteiger partial charge on any atom is -0.467 e. The van der Waals surface area contributed by atoms with Crippen LogP contribution in [0.25, 0.3) is 0 Å². The molecule has 0 aromatic carbocycles. The molecule has 0 bridgehead atoms. The topological polar surface area (TPSA) is 59.5 Å². The average molecular weight is 266 g/mol. The molecule has 1 atom stereocenters. The van der Waals surface area contributed by atoms with Crippen molar-refractivity contribution in [1.29, 1.82) is 0 Å². The van der Waals surface area contributed by atoms with E-state index in [4.69, 9.17) is 4.74 Å². The van der Waals surface area contributed by atoms with Crippen LogP contribution in [0.3, 0.4) is 0 Å². The number of ether oxygens (including phenoxy) is 1. The Morgan fingerprint density at radius 1 is 1.42 bits per heavy atom. The van der Waals surface area contributed by atoms with Gasteiger partial charge in [-0.3, -0.25) is 4.79 Å². The lowest BCUT2D eigenvalue weighted by Gasteiger charge is -2.33. The van der Waals surface area contributed by atoms with Crippen LogP contribution in [0, 0.1) is 5.82 Å². The van der Waals surface area contributed by atoms with Crippen molar-refractivity contribution in [2.24, 2.45) is 0 Å². The van der Waals surface area contributed by atoms with Crippen LogP contribution in [0.2, 0.25) is 0 Å². The first-order chi connectivity index (χ1) is 9.13. The number of esters is 1. The van der Waals surface area contributed by atoms with Gasteiger partial charge in [0.05, 0.1) is 13.3 Å². The van der Waals surface area contributed by atoms with Crippen LogP contribution in [0.4, 0.5) is 4.39 Å². The van der Waals surface area contributed by atoms with Gasteiger partial charge in [-0.1, -0.05) is 0 Å². The molecule has 0 radical (unpaired) electrons. The van der Waals surface area contributed by atoms with Crippen molar-refractivity contribution >= 4 is 11.9 Å². The van der Waals surface area contributed by atoms with Crippen LogP contribution < -0.4 is 0 Å². The lowest BCUT2D eigenvalue weighted by atomic mass is 10.0. The van der Waals surface area contributed by atoms with E-state index in [1.807, 2.05) is 0 Å². The fourth-order valence-electron chi connectivity index (χ4n) is 2.21. The molecule has 0 aliphatic carbocycles. The first-order valence-electron chi connectivity index (χ1n) is 6.14. The Morgan fingerprint density at radius 2 is 2.21 bits per heavy atom. The summed E-state index contributed by atoms with van der Waals surface area (Å²) in [5.74, 6) is -1.29. The van der Waals surface area contributed by atoms with E-state index in [0.717, 1.165) is 19.0 Å². The zero-order chi connectivity index (χ0) is 13.8. The number of likely N-dealkylation sites (tertiary alicyclic amines) is 1. The van der Waals surface area contributed by atoms with Crippen LogP contribution in [0.1, 0.15) is 29.8 Å². The van der Waals surface area contributed by atoms with E-state index in [-0.39, 0.29) is 11.6 Å². The summed E-state index contributed by atoms with van der Waals surface area (Å²) < 4.78 is 17.5. The van der Waals surface area contributed by atoms with Crippen LogP contribution in [-0.4, -0.2) is 41.5 Å². The Balaban J connectivity index is 2.20. The smallest absolute Gasteiger partial charge is 0.328 e. The maximum absolute atomic E-state index is 12.8. The summed E-state index contributed by atoms with van der Waals surface area (Å²) >= 11 is 0. The normalized spacial score (nSPS) is 19.1. The Kier molecular flexibility index (Phi) is 4.09. The largest absolute Gasteiger partial charge is 0.467 e. The van der Waals surface area contributed by atoms with Crippen LogP contribution >= 0.6 is 0 Å². The van der Waals surface area contributed by atoms with E-state index in [9.17, 15) is 14.0 Å². The molecule has 102 valence electrons. The van der Waals surface area contributed by atoms with Gasteiger partial charge in [-0.2, -0.15) is 0 Å². The predicted octanol–water partition coefficient (Wildman–Crippen LogP) is 1.39.